The molecule has 2 aromatic rings. The molecule has 1 N–H and O–H groups in total. The Morgan fingerprint density at radius 2 is 2.13 bits per heavy atom. The molecule has 1 aliphatic rings. The molecule has 0 amide bonds. The Morgan fingerprint density at radius 3 is 2.83 bits per heavy atom. The Labute approximate surface area is 155 Å². The van der Waals surface area contributed by atoms with Gasteiger partial charge in [-0.2, -0.15) is 0 Å². The fourth-order valence-corrected chi connectivity index (χ4v) is 3.54. The van der Waals surface area contributed by atoms with E-state index in [2.05, 4.69) is 38.1 Å². The van der Waals surface area contributed by atoms with Crippen molar-refractivity contribution in [3.63, 3.8) is 0 Å². The minimum Gasteiger partial charge on any atom is -0.355 e. The van der Waals surface area contributed by atoms with E-state index < -0.39 is 0 Å². The van der Waals surface area contributed by atoms with Crippen molar-refractivity contribution in [2.75, 3.05) is 18.0 Å². The van der Waals surface area contributed by atoms with Crippen LogP contribution in [0, 0.1) is 0 Å². The van der Waals surface area contributed by atoms with E-state index >= 15 is 0 Å². The summed E-state index contributed by atoms with van der Waals surface area (Å²) in [5.74, 6) is 1.02. The maximum absolute atomic E-state index is 6.25. The van der Waals surface area contributed by atoms with E-state index in [0.29, 0.717) is 10.0 Å². The van der Waals surface area contributed by atoms with Gasteiger partial charge in [-0.05, 0) is 59.1 Å². The van der Waals surface area contributed by atoms with E-state index in [-0.39, 0.29) is 5.54 Å². The molecule has 0 bridgehead atoms. The second-order valence-electron chi connectivity index (χ2n) is 6.16. The molecular weight excluding hydrogens is 397 g/mol. The van der Waals surface area contributed by atoms with Crippen molar-refractivity contribution in [1.29, 1.82) is 0 Å². The van der Waals surface area contributed by atoms with Gasteiger partial charge in [0.25, 0.3) is 0 Å². The predicted octanol–water partition coefficient (Wildman–Crippen LogP) is 4.91. The zero-order chi connectivity index (χ0) is 16.4. The molecule has 1 fully saturated rings. The zero-order valence-corrected chi connectivity index (χ0v) is 15.9. The van der Waals surface area contributed by atoms with Gasteiger partial charge in [-0.15, -0.1) is 0 Å². The lowest BCUT2D eigenvalue weighted by molar-refractivity contribution is 0.389. The standard InChI is InChI=1S/C17H18BrCl2N3/c1-17(22-9-12-2-4-14(19)8-15(12)20)6-7-23(11-17)16-5-3-13(18)10-21-16/h2-5,8,10,22H,6-7,9,11H2,1H3/t17-/m1/s1. The normalized spacial score (nSPS) is 21.0. The summed E-state index contributed by atoms with van der Waals surface area (Å²) in [5.41, 5.74) is 1.11. The van der Waals surface area contributed by atoms with Crippen molar-refractivity contribution in [3.8, 4) is 0 Å². The first-order chi connectivity index (χ1) is 11.0. The van der Waals surface area contributed by atoms with Gasteiger partial charge >= 0.3 is 0 Å². The maximum atomic E-state index is 6.25. The first-order valence-electron chi connectivity index (χ1n) is 7.51. The largest absolute Gasteiger partial charge is 0.355 e. The van der Waals surface area contributed by atoms with Crippen LogP contribution in [0.1, 0.15) is 18.9 Å². The van der Waals surface area contributed by atoms with Crippen LogP contribution in [0.5, 0.6) is 0 Å². The van der Waals surface area contributed by atoms with Crippen molar-refractivity contribution in [1.82, 2.24) is 10.3 Å². The van der Waals surface area contributed by atoms with E-state index in [1.807, 2.05) is 30.5 Å². The van der Waals surface area contributed by atoms with Crippen LogP contribution in [0.4, 0.5) is 5.82 Å². The van der Waals surface area contributed by atoms with Gasteiger partial charge in [-0.25, -0.2) is 4.98 Å². The average molecular weight is 415 g/mol. The molecule has 1 aromatic carbocycles. The fourth-order valence-electron chi connectivity index (χ4n) is 2.83. The van der Waals surface area contributed by atoms with Crippen LogP contribution in [-0.2, 0) is 6.54 Å². The Balaban J connectivity index is 1.63. The summed E-state index contributed by atoms with van der Waals surface area (Å²) in [5, 5.41) is 5.01. The number of rotatable bonds is 4. The monoisotopic (exact) mass is 413 g/mol. The molecule has 6 heteroatoms. The SMILES string of the molecule is C[C@@]1(NCc2ccc(Cl)cc2Cl)CCN(c2ccc(Br)cn2)C1. The highest BCUT2D eigenvalue weighted by Crippen LogP contribution is 2.27. The molecule has 0 spiro atoms. The smallest absolute Gasteiger partial charge is 0.128 e. The summed E-state index contributed by atoms with van der Waals surface area (Å²) in [6.45, 7) is 4.89. The van der Waals surface area contributed by atoms with Gasteiger partial charge in [0.15, 0.2) is 0 Å². The lowest BCUT2D eigenvalue weighted by atomic mass is 10.0. The van der Waals surface area contributed by atoms with Crippen molar-refractivity contribution in [2.24, 2.45) is 0 Å². The maximum Gasteiger partial charge on any atom is 0.128 e. The number of hydrogen-bond acceptors (Lipinski definition) is 3. The van der Waals surface area contributed by atoms with Crippen molar-refractivity contribution in [3.05, 3.63) is 56.6 Å². The Morgan fingerprint density at radius 1 is 1.30 bits per heavy atom. The first-order valence-corrected chi connectivity index (χ1v) is 9.06. The summed E-state index contributed by atoms with van der Waals surface area (Å²) in [7, 11) is 0. The molecule has 23 heavy (non-hydrogen) atoms. The van der Waals surface area contributed by atoms with Gasteiger partial charge in [0, 0.05) is 45.9 Å². The summed E-state index contributed by atoms with van der Waals surface area (Å²) in [6.07, 6.45) is 2.90. The van der Waals surface area contributed by atoms with Crippen LogP contribution >= 0.6 is 39.1 Å². The van der Waals surface area contributed by atoms with Gasteiger partial charge in [0.1, 0.15) is 5.82 Å². The van der Waals surface area contributed by atoms with Crippen LogP contribution in [0.25, 0.3) is 0 Å². The summed E-state index contributed by atoms with van der Waals surface area (Å²) < 4.78 is 0.999. The van der Waals surface area contributed by atoms with E-state index in [1.54, 1.807) is 6.07 Å². The molecule has 3 rings (SSSR count). The molecule has 1 aliphatic heterocycles. The Hall–Kier alpha value is -0.810. The molecule has 1 saturated heterocycles. The Bertz CT molecular complexity index is 693. The molecule has 2 heterocycles. The van der Waals surface area contributed by atoms with E-state index in [9.17, 15) is 0 Å². The number of nitrogens with zero attached hydrogens (tertiary/aromatic N) is 2. The zero-order valence-electron chi connectivity index (χ0n) is 12.8. The quantitative estimate of drug-likeness (QED) is 0.770. The second kappa shape index (κ2) is 6.98. The number of benzene rings is 1. The van der Waals surface area contributed by atoms with Crippen LogP contribution in [0.2, 0.25) is 10.0 Å². The molecule has 3 nitrogen and oxygen atoms in total. The molecule has 1 aromatic heterocycles. The van der Waals surface area contributed by atoms with Crippen molar-refractivity contribution >= 4 is 44.9 Å². The number of anilines is 1. The summed E-state index contributed by atoms with van der Waals surface area (Å²) >= 11 is 15.6. The first kappa shape index (κ1) is 17.0. The van der Waals surface area contributed by atoms with Gasteiger partial charge < -0.3 is 10.2 Å². The third-order valence-corrected chi connectivity index (χ3v) is 5.29. The lowest BCUT2D eigenvalue weighted by Crippen LogP contribution is -2.44. The van der Waals surface area contributed by atoms with Gasteiger partial charge in [-0.1, -0.05) is 29.3 Å². The minimum atomic E-state index is 0.0394. The number of pyridine rings is 1. The average Bonchev–Trinajstić information content (AvgIpc) is 2.90. The van der Waals surface area contributed by atoms with Crippen LogP contribution < -0.4 is 10.2 Å². The van der Waals surface area contributed by atoms with E-state index in [4.69, 9.17) is 23.2 Å². The molecular formula is C17H18BrCl2N3. The van der Waals surface area contributed by atoms with Crippen LogP contribution in [0.3, 0.4) is 0 Å². The number of hydrogen-bond donors (Lipinski definition) is 1. The van der Waals surface area contributed by atoms with E-state index in [0.717, 1.165) is 41.9 Å². The number of aromatic nitrogens is 1. The summed E-state index contributed by atoms with van der Waals surface area (Å²) in [4.78, 5) is 6.79. The molecule has 1 atom stereocenters. The number of halogens is 3. The molecule has 0 radical (unpaired) electrons. The number of nitrogens with one attached hydrogen (secondary N) is 1. The second-order valence-corrected chi connectivity index (χ2v) is 7.92. The van der Waals surface area contributed by atoms with Gasteiger partial charge in [0.2, 0.25) is 0 Å². The fraction of sp³-hybridized carbons (Fsp3) is 0.353. The van der Waals surface area contributed by atoms with Crippen molar-refractivity contribution < 1.29 is 0 Å². The minimum absolute atomic E-state index is 0.0394. The van der Waals surface area contributed by atoms with Gasteiger partial charge in [0.05, 0.1) is 0 Å². The predicted molar refractivity (Wildman–Crippen MR) is 100 cm³/mol. The summed E-state index contributed by atoms with van der Waals surface area (Å²) in [6, 6.07) is 9.71. The highest BCUT2D eigenvalue weighted by Gasteiger charge is 2.33. The van der Waals surface area contributed by atoms with Crippen LogP contribution in [-0.4, -0.2) is 23.6 Å². The van der Waals surface area contributed by atoms with Gasteiger partial charge in [-0.3, -0.25) is 0 Å². The van der Waals surface area contributed by atoms with Crippen molar-refractivity contribution in [2.45, 2.75) is 25.4 Å². The third-order valence-electron chi connectivity index (χ3n) is 4.23. The molecule has 0 unspecified atom stereocenters. The molecule has 0 saturated carbocycles. The highest BCUT2D eigenvalue weighted by atomic mass is 79.9. The molecule has 0 aliphatic carbocycles. The Kier molecular flexibility index (Phi) is 5.16. The lowest BCUT2D eigenvalue weighted by Gasteiger charge is -2.27. The highest BCUT2D eigenvalue weighted by molar-refractivity contribution is 9.10. The van der Waals surface area contributed by atoms with E-state index in [1.165, 1.54) is 0 Å². The third kappa shape index (κ3) is 4.18. The molecule has 122 valence electrons. The van der Waals surface area contributed by atoms with Crippen LogP contribution in [0.15, 0.2) is 41.0 Å². The topological polar surface area (TPSA) is 28.2 Å².